The van der Waals surface area contributed by atoms with Crippen LogP contribution in [0.5, 0.6) is 0 Å². The molecular weight excluding hydrogens is 328 g/mol. The highest BCUT2D eigenvalue weighted by Crippen LogP contribution is 2.28. The Morgan fingerprint density at radius 1 is 1.12 bits per heavy atom. The van der Waals surface area contributed by atoms with Crippen molar-refractivity contribution in [2.75, 3.05) is 27.2 Å². The highest BCUT2D eigenvalue weighted by molar-refractivity contribution is 7.86. The number of nitrogens with zero attached hydrogens (tertiary/aromatic N) is 6. The summed E-state index contributed by atoms with van der Waals surface area (Å²) in [5.41, 5.74) is 2.62. The number of hydrogen-bond acceptors (Lipinski definition) is 5. The summed E-state index contributed by atoms with van der Waals surface area (Å²) >= 11 is 0. The Kier molecular flexibility index (Phi) is 4.66. The Balaban J connectivity index is 1.68. The molecule has 0 N–H and O–H groups in total. The van der Waals surface area contributed by atoms with Gasteiger partial charge in [0.25, 0.3) is 10.2 Å². The molecule has 24 heavy (non-hydrogen) atoms. The van der Waals surface area contributed by atoms with Crippen molar-refractivity contribution in [1.29, 1.82) is 0 Å². The van der Waals surface area contributed by atoms with Crippen LogP contribution in [0.15, 0.2) is 24.9 Å². The molecule has 0 atom stereocenters. The highest BCUT2D eigenvalue weighted by Gasteiger charge is 2.30. The third-order valence-electron chi connectivity index (χ3n) is 4.41. The Labute approximate surface area is 142 Å². The van der Waals surface area contributed by atoms with E-state index in [9.17, 15) is 8.42 Å². The first-order valence-electron chi connectivity index (χ1n) is 7.86. The van der Waals surface area contributed by atoms with Crippen molar-refractivity contribution in [3.05, 3.63) is 30.6 Å². The van der Waals surface area contributed by atoms with E-state index < -0.39 is 10.2 Å². The van der Waals surface area contributed by atoms with E-state index in [1.54, 1.807) is 39.0 Å². The first-order valence-corrected chi connectivity index (χ1v) is 9.25. The van der Waals surface area contributed by atoms with E-state index in [1.165, 1.54) is 8.61 Å². The van der Waals surface area contributed by atoms with Gasteiger partial charge in [-0.15, -0.1) is 0 Å². The number of aryl methyl sites for hydroxylation is 1. The van der Waals surface area contributed by atoms with Gasteiger partial charge < -0.3 is 4.57 Å². The van der Waals surface area contributed by atoms with E-state index in [-0.39, 0.29) is 5.92 Å². The lowest BCUT2D eigenvalue weighted by Gasteiger charge is -2.32. The zero-order valence-electron chi connectivity index (χ0n) is 14.1. The van der Waals surface area contributed by atoms with Gasteiger partial charge in [-0.1, -0.05) is 0 Å². The molecule has 8 nitrogen and oxygen atoms in total. The molecule has 1 fully saturated rings. The van der Waals surface area contributed by atoms with Crippen molar-refractivity contribution in [3.8, 4) is 11.4 Å². The highest BCUT2D eigenvalue weighted by atomic mass is 32.2. The molecule has 1 aliphatic rings. The predicted molar refractivity (Wildman–Crippen MR) is 90.4 cm³/mol. The zero-order chi connectivity index (χ0) is 17.3. The Hall–Kier alpha value is -1.84. The zero-order valence-corrected chi connectivity index (χ0v) is 14.9. The molecule has 3 heterocycles. The van der Waals surface area contributed by atoms with Crippen LogP contribution < -0.4 is 0 Å². The van der Waals surface area contributed by atoms with Gasteiger partial charge in [-0.05, 0) is 12.8 Å². The van der Waals surface area contributed by atoms with Crippen molar-refractivity contribution >= 4 is 10.2 Å². The maximum atomic E-state index is 12.2. The van der Waals surface area contributed by atoms with Crippen molar-refractivity contribution in [2.24, 2.45) is 7.05 Å². The van der Waals surface area contributed by atoms with Crippen molar-refractivity contribution in [1.82, 2.24) is 28.1 Å². The molecule has 1 aliphatic heterocycles. The smallest absolute Gasteiger partial charge is 0.281 e. The molecule has 0 aromatic carbocycles. The van der Waals surface area contributed by atoms with Gasteiger partial charge >= 0.3 is 0 Å². The van der Waals surface area contributed by atoms with Crippen LogP contribution in [-0.2, 0) is 17.3 Å². The van der Waals surface area contributed by atoms with Gasteiger partial charge in [-0.2, -0.15) is 17.0 Å². The normalized spacial score (nSPS) is 17.5. The molecule has 1 saturated heterocycles. The summed E-state index contributed by atoms with van der Waals surface area (Å²) in [4.78, 5) is 13.1. The summed E-state index contributed by atoms with van der Waals surface area (Å²) in [6.07, 6.45) is 8.55. The molecule has 0 unspecified atom stereocenters. The molecule has 0 bridgehead atoms. The average Bonchev–Trinajstić information content (AvgIpc) is 3.01. The molecule has 0 radical (unpaired) electrons. The maximum Gasteiger partial charge on any atom is 0.281 e. The number of hydrogen-bond donors (Lipinski definition) is 0. The third kappa shape index (κ3) is 3.19. The van der Waals surface area contributed by atoms with Crippen LogP contribution in [0.3, 0.4) is 0 Å². The van der Waals surface area contributed by atoms with E-state index in [2.05, 4.69) is 15.0 Å². The van der Waals surface area contributed by atoms with Crippen LogP contribution >= 0.6 is 0 Å². The van der Waals surface area contributed by atoms with Crippen LogP contribution in [0.1, 0.15) is 24.5 Å². The molecule has 9 heteroatoms. The van der Waals surface area contributed by atoms with Crippen LogP contribution in [0.2, 0.25) is 0 Å². The molecule has 0 spiro atoms. The van der Waals surface area contributed by atoms with Gasteiger partial charge in [0.1, 0.15) is 5.69 Å². The van der Waals surface area contributed by atoms with Crippen molar-refractivity contribution < 1.29 is 8.42 Å². The molecule has 0 aliphatic carbocycles. The molecular formula is C15H22N6O2S. The second-order valence-electron chi connectivity index (χ2n) is 6.18. The lowest BCUT2D eigenvalue weighted by molar-refractivity contribution is 0.300. The fourth-order valence-corrected chi connectivity index (χ4v) is 4.03. The van der Waals surface area contributed by atoms with Gasteiger partial charge in [-0.25, -0.2) is 4.98 Å². The van der Waals surface area contributed by atoms with E-state index in [0.29, 0.717) is 13.1 Å². The van der Waals surface area contributed by atoms with Gasteiger partial charge in [0.2, 0.25) is 0 Å². The fourth-order valence-electron chi connectivity index (χ4n) is 2.90. The van der Waals surface area contributed by atoms with Crippen LogP contribution in [-0.4, -0.2) is 63.7 Å². The van der Waals surface area contributed by atoms with E-state index in [1.807, 2.05) is 11.6 Å². The SMILES string of the molecule is CN(C)S(=O)(=O)N1CCC(c2cnc(-c3cncn3C)cn2)CC1. The lowest BCUT2D eigenvalue weighted by atomic mass is 9.95. The summed E-state index contributed by atoms with van der Waals surface area (Å²) in [6, 6.07) is 0. The van der Waals surface area contributed by atoms with E-state index >= 15 is 0 Å². The molecule has 3 rings (SSSR count). The van der Waals surface area contributed by atoms with Crippen LogP contribution in [0, 0.1) is 0 Å². The molecule has 130 valence electrons. The summed E-state index contributed by atoms with van der Waals surface area (Å²) in [5, 5.41) is 0. The summed E-state index contributed by atoms with van der Waals surface area (Å²) < 4.78 is 29.0. The number of aromatic nitrogens is 4. The first kappa shape index (κ1) is 17.0. The van der Waals surface area contributed by atoms with Gasteiger partial charge in [0, 0.05) is 46.3 Å². The van der Waals surface area contributed by atoms with Crippen LogP contribution in [0.25, 0.3) is 11.4 Å². The summed E-state index contributed by atoms with van der Waals surface area (Å²) in [6.45, 7) is 1.02. The van der Waals surface area contributed by atoms with Gasteiger partial charge in [-0.3, -0.25) is 9.97 Å². The standard InChI is InChI=1S/C15H22N6O2S/c1-19(2)24(22,23)21-6-4-12(5-7-21)13-8-18-14(9-17-13)15-10-16-11-20(15)3/h8-12H,4-7H2,1-3H3. The molecule has 2 aromatic heterocycles. The first-order chi connectivity index (χ1) is 11.4. The van der Waals surface area contributed by atoms with Crippen LogP contribution in [0.4, 0.5) is 0 Å². The second-order valence-corrected chi connectivity index (χ2v) is 8.32. The minimum absolute atomic E-state index is 0.242. The average molecular weight is 350 g/mol. The topological polar surface area (TPSA) is 84.2 Å². The predicted octanol–water partition coefficient (Wildman–Crippen LogP) is 0.863. The fraction of sp³-hybridized carbons (Fsp3) is 0.533. The van der Waals surface area contributed by atoms with E-state index in [4.69, 9.17) is 0 Å². The molecule has 0 saturated carbocycles. The third-order valence-corrected chi connectivity index (χ3v) is 6.35. The lowest BCUT2D eigenvalue weighted by Crippen LogP contribution is -2.44. The van der Waals surface area contributed by atoms with Crippen molar-refractivity contribution in [2.45, 2.75) is 18.8 Å². The number of piperidine rings is 1. The maximum absolute atomic E-state index is 12.2. The largest absolute Gasteiger partial charge is 0.332 e. The summed E-state index contributed by atoms with van der Waals surface area (Å²) in [7, 11) is 1.71. The minimum atomic E-state index is -3.33. The Bertz CT molecular complexity index is 792. The van der Waals surface area contributed by atoms with Gasteiger partial charge in [0.05, 0.1) is 30.1 Å². The molecule has 0 amide bonds. The number of rotatable bonds is 4. The van der Waals surface area contributed by atoms with E-state index in [0.717, 1.165) is 29.9 Å². The summed E-state index contributed by atoms with van der Waals surface area (Å²) in [5.74, 6) is 0.242. The van der Waals surface area contributed by atoms with Gasteiger partial charge in [0.15, 0.2) is 0 Å². The Morgan fingerprint density at radius 2 is 1.83 bits per heavy atom. The molecule has 2 aromatic rings. The monoisotopic (exact) mass is 350 g/mol. The number of imidazole rings is 1. The quantitative estimate of drug-likeness (QED) is 0.817. The Morgan fingerprint density at radius 3 is 2.33 bits per heavy atom. The van der Waals surface area contributed by atoms with Crippen molar-refractivity contribution in [3.63, 3.8) is 0 Å². The second kappa shape index (κ2) is 6.58. The minimum Gasteiger partial charge on any atom is -0.332 e.